The van der Waals surface area contributed by atoms with Crippen molar-refractivity contribution in [2.24, 2.45) is 0 Å². The van der Waals surface area contributed by atoms with Gasteiger partial charge in [0.25, 0.3) is 0 Å². The third-order valence-electron chi connectivity index (χ3n) is 4.67. The molecule has 6 heteroatoms. The molecule has 2 unspecified atom stereocenters. The zero-order valence-electron chi connectivity index (χ0n) is 12.4. The summed E-state index contributed by atoms with van der Waals surface area (Å²) in [6.07, 6.45) is 6.06. The minimum atomic E-state index is -0.407. The van der Waals surface area contributed by atoms with Crippen molar-refractivity contribution in [3.8, 4) is 0 Å². The Labute approximate surface area is 132 Å². The average molecular weight is 314 g/mol. The highest BCUT2D eigenvalue weighted by atomic mass is 19.1. The average Bonchev–Trinajstić information content (AvgIpc) is 3.17. The summed E-state index contributed by atoms with van der Waals surface area (Å²) in [7, 11) is 0. The molecule has 23 heavy (non-hydrogen) atoms. The maximum absolute atomic E-state index is 14.2. The number of hydrogen-bond acceptors (Lipinski definition) is 3. The van der Waals surface area contributed by atoms with Gasteiger partial charge in [0.05, 0.1) is 11.9 Å². The number of nitrogens with two attached hydrogens (primary N) is 1. The number of hydrogen-bond donors (Lipinski definition) is 1. The van der Waals surface area contributed by atoms with E-state index in [4.69, 9.17) is 5.73 Å². The van der Waals surface area contributed by atoms with Crippen LogP contribution in [-0.2, 0) is 0 Å². The van der Waals surface area contributed by atoms with E-state index < -0.39 is 5.82 Å². The fraction of sp³-hybridized carbons (Fsp3) is 0.294. The summed E-state index contributed by atoms with van der Waals surface area (Å²) in [4.78, 5) is 4.60. The van der Waals surface area contributed by atoms with E-state index in [1.807, 2.05) is 12.3 Å². The molecular formula is C17H16F2N4. The maximum Gasteiger partial charge on any atom is 0.178 e. The van der Waals surface area contributed by atoms with Crippen LogP contribution in [0.15, 0.2) is 36.7 Å². The Kier molecular flexibility index (Phi) is 3.25. The van der Waals surface area contributed by atoms with Gasteiger partial charge in [-0.2, -0.15) is 5.10 Å². The van der Waals surface area contributed by atoms with Crippen molar-refractivity contribution in [3.05, 3.63) is 59.6 Å². The quantitative estimate of drug-likeness (QED) is 0.785. The van der Waals surface area contributed by atoms with Gasteiger partial charge in [0, 0.05) is 17.8 Å². The number of anilines is 1. The first-order valence-corrected chi connectivity index (χ1v) is 7.68. The fourth-order valence-electron chi connectivity index (χ4n) is 3.59. The van der Waals surface area contributed by atoms with Gasteiger partial charge in [0.1, 0.15) is 11.6 Å². The molecule has 1 aromatic carbocycles. The van der Waals surface area contributed by atoms with Crippen molar-refractivity contribution in [2.45, 2.75) is 31.1 Å². The largest absolute Gasteiger partial charge is 0.394 e. The third kappa shape index (κ3) is 2.34. The molecule has 1 aliphatic carbocycles. The minimum absolute atomic E-state index is 0.0607. The standard InChI is InChI=1S/C17H16F2N4/c18-10-4-5-14(19)13(8-10)11-2-1-3-12(11)16-6-7-23-17(22-16)15(20)9-21-23/h4-9,11-12H,1-3,20H2. The lowest BCUT2D eigenvalue weighted by Crippen LogP contribution is -2.10. The topological polar surface area (TPSA) is 56.2 Å². The van der Waals surface area contributed by atoms with E-state index in [1.165, 1.54) is 12.1 Å². The molecule has 2 N–H and O–H groups in total. The molecule has 0 spiro atoms. The summed E-state index contributed by atoms with van der Waals surface area (Å²) in [5.74, 6) is -0.765. The second-order valence-electron chi connectivity index (χ2n) is 6.03. The molecule has 1 aliphatic rings. The van der Waals surface area contributed by atoms with E-state index in [-0.39, 0.29) is 17.7 Å². The zero-order valence-corrected chi connectivity index (χ0v) is 12.4. The van der Waals surface area contributed by atoms with Crippen LogP contribution in [0.5, 0.6) is 0 Å². The molecule has 0 radical (unpaired) electrons. The maximum atomic E-state index is 14.2. The number of benzene rings is 1. The summed E-state index contributed by atoms with van der Waals surface area (Å²) in [6.45, 7) is 0. The molecule has 0 aliphatic heterocycles. The highest BCUT2D eigenvalue weighted by molar-refractivity contribution is 5.63. The first-order chi connectivity index (χ1) is 11.1. The summed E-state index contributed by atoms with van der Waals surface area (Å²) in [6, 6.07) is 5.55. The Balaban J connectivity index is 1.76. The summed E-state index contributed by atoms with van der Waals surface area (Å²) in [5, 5.41) is 4.11. The molecule has 2 heterocycles. The van der Waals surface area contributed by atoms with Crippen LogP contribution in [0.3, 0.4) is 0 Å². The molecule has 3 aromatic rings. The number of aromatic nitrogens is 3. The minimum Gasteiger partial charge on any atom is -0.394 e. The Morgan fingerprint density at radius 2 is 1.96 bits per heavy atom. The number of nitrogen functional groups attached to an aromatic ring is 1. The predicted molar refractivity (Wildman–Crippen MR) is 83.1 cm³/mol. The predicted octanol–water partition coefficient (Wildman–Crippen LogP) is 3.64. The van der Waals surface area contributed by atoms with Crippen molar-refractivity contribution in [2.75, 3.05) is 5.73 Å². The Bertz CT molecular complexity index is 874. The van der Waals surface area contributed by atoms with Gasteiger partial charge in [-0.05, 0) is 48.6 Å². The number of fused-ring (bicyclic) bond motifs is 1. The van der Waals surface area contributed by atoms with Crippen LogP contribution in [0.4, 0.5) is 14.5 Å². The van der Waals surface area contributed by atoms with Crippen LogP contribution in [0.25, 0.3) is 5.65 Å². The van der Waals surface area contributed by atoms with E-state index in [9.17, 15) is 8.78 Å². The summed E-state index contributed by atoms with van der Waals surface area (Å²) >= 11 is 0. The fourth-order valence-corrected chi connectivity index (χ4v) is 3.59. The molecule has 0 amide bonds. The van der Waals surface area contributed by atoms with Crippen LogP contribution in [0.2, 0.25) is 0 Å². The van der Waals surface area contributed by atoms with E-state index in [0.717, 1.165) is 31.0 Å². The molecule has 1 fully saturated rings. The number of halogens is 2. The molecule has 1 saturated carbocycles. The van der Waals surface area contributed by atoms with E-state index in [2.05, 4.69) is 10.1 Å². The molecule has 4 nitrogen and oxygen atoms in total. The lowest BCUT2D eigenvalue weighted by atomic mass is 9.86. The second kappa shape index (κ2) is 5.30. The Hall–Kier alpha value is -2.50. The zero-order chi connectivity index (χ0) is 16.0. The lowest BCUT2D eigenvalue weighted by Gasteiger charge is -2.20. The van der Waals surface area contributed by atoms with Crippen LogP contribution in [0, 0.1) is 11.6 Å². The van der Waals surface area contributed by atoms with Crippen LogP contribution >= 0.6 is 0 Å². The van der Waals surface area contributed by atoms with E-state index >= 15 is 0 Å². The second-order valence-corrected chi connectivity index (χ2v) is 6.03. The molecule has 2 atom stereocenters. The molecule has 4 rings (SSSR count). The van der Waals surface area contributed by atoms with Gasteiger partial charge >= 0.3 is 0 Å². The van der Waals surface area contributed by atoms with Gasteiger partial charge in [-0.15, -0.1) is 0 Å². The highest BCUT2D eigenvalue weighted by Gasteiger charge is 2.33. The van der Waals surface area contributed by atoms with Crippen LogP contribution in [-0.4, -0.2) is 14.6 Å². The smallest absolute Gasteiger partial charge is 0.178 e. The van der Waals surface area contributed by atoms with Gasteiger partial charge < -0.3 is 5.73 Å². The van der Waals surface area contributed by atoms with E-state index in [0.29, 0.717) is 16.9 Å². The molecule has 0 saturated heterocycles. The number of nitrogens with zero attached hydrogens (tertiary/aromatic N) is 3. The SMILES string of the molecule is Nc1cnn2ccc(C3CCCC3c3cc(F)ccc3F)nc12. The van der Waals surface area contributed by atoms with Crippen LogP contribution < -0.4 is 5.73 Å². The summed E-state index contributed by atoms with van der Waals surface area (Å²) < 4.78 is 29.3. The molecular weight excluding hydrogens is 298 g/mol. The van der Waals surface area contributed by atoms with Crippen molar-refractivity contribution in [1.29, 1.82) is 0 Å². The van der Waals surface area contributed by atoms with Gasteiger partial charge in [-0.1, -0.05) is 6.42 Å². The monoisotopic (exact) mass is 314 g/mol. The normalized spacial score (nSPS) is 21.1. The van der Waals surface area contributed by atoms with Crippen LogP contribution in [0.1, 0.15) is 42.4 Å². The first kappa shape index (κ1) is 14.1. The van der Waals surface area contributed by atoms with Crippen molar-refractivity contribution < 1.29 is 8.78 Å². The molecule has 2 aromatic heterocycles. The third-order valence-corrected chi connectivity index (χ3v) is 4.67. The number of rotatable bonds is 2. The first-order valence-electron chi connectivity index (χ1n) is 7.68. The molecule has 118 valence electrons. The van der Waals surface area contributed by atoms with Gasteiger partial charge in [0.15, 0.2) is 5.65 Å². The van der Waals surface area contributed by atoms with Gasteiger partial charge in [0.2, 0.25) is 0 Å². The Morgan fingerprint density at radius 1 is 1.13 bits per heavy atom. The lowest BCUT2D eigenvalue weighted by molar-refractivity contribution is 0.534. The van der Waals surface area contributed by atoms with Crippen molar-refractivity contribution in [3.63, 3.8) is 0 Å². The van der Waals surface area contributed by atoms with Crippen molar-refractivity contribution >= 4 is 11.3 Å². The molecule has 0 bridgehead atoms. The Morgan fingerprint density at radius 3 is 2.83 bits per heavy atom. The van der Waals surface area contributed by atoms with E-state index in [1.54, 1.807) is 10.7 Å². The van der Waals surface area contributed by atoms with Gasteiger partial charge in [-0.25, -0.2) is 18.3 Å². The highest BCUT2D eigenvalue weighted by Crippen LogP contribution is 2.46. The summed E-state index contributed by atoms with van der Waals surface area (Å²) in [5.41, 5.74) is 8.29. The van der Waals surface area contributed by atoms with Crippen molar-refractivity contribution in [1.82, 2.24) is 14.6 Å². The van der Waals surface area contributed by atoms with Gasteiger partial charge in [-0.3, -0.25) is 0 Å².